The quantitative estimate of drug-likeness (QED) is 0.873. The van der Waals surface area contributed by atoms with Crippen LogP contribution < -0.4 is 14.8 Å². The minimum absolute atomic E-state index is 0.734. The van der Waals surface area contributed by atoms with Crippen molar-refractivity contribution in [2.45, 2.75) is 6.54 Å². The highest BCUT2D eigenvalue weighted by Crippen LogP contribution is 2.24. The zero-order valence-electron chi connectivity index (χ0n) is 10.6. The number of hydrogen-bond donors (Lipinski definition) is 1. The van der Waals surface area contributed by atoms with Crippen molar-refractivity contribution >= 4 is 5.69 Å². The van der Waals surface area contributed by atoms with Crippen LogP contribution in [0.4, 0.5) is 5.69 Å². The zero-order chi connectivity index (χ0) is 12.8. The first-order valence-corrected chi connectivity index (χ1v) is 5.83. The smallest absolute Gasteiger partial charge is 0.141 e. The van der Waals surface area contributed by atoms with E-state index in [1.54, 1.807) is 14.2 Å². The lowest BCUT2D eigenvalue weighted by molar-refractivity contribution is 0.414. The summed E-state index contributed by atoms with van der Waals surface area (Å²) in [7, 11) is 3.35. The highest BCUT2D eigenvalue weighted by atomic mass is 16.5. The van der Waals surface area contributed by atoms with E-state index < -0.39 is 0 Å². The number of nitrogens with one attached hydrogen (secondary N) is 1. The highest BCUT2D eigenvalue weighted by molar-refractivity contribution is 5.56. The Bertz CT molecular complexity index is 511. The Morgan fingerprint density at radius 2 is 1.78 bits per heavy atom. The van der Waals surface area contributed by atoms with Crippen molar-refractivity contribution in [1.82, 2.24) is 0 Å². The lowest BCUT2D eigenvalue weighted by atomic mass is 10.2. The first-order valence-electron chi connectivity index (χ1n) is 5.83. The minimum atomic E-state index is 0.734. The van der Waals surface area contributed by atoms with Crippen molar-refractivity contribution in [3.8, 4) is 11.5 Å². The minimum Gasteiger partial charge on any atom is -0.497 e. The summed E-state index contributed by atoms with van der Waals surface area (Å²) in [5.41, 5.74) is 2.16. The number of ether oxygens (including phenoxy) is 2. The summed E-state index contributed by atoms with van der Waals surface area (Å²) in [4.78, 5) is 0. The third-order valence-corrected chi connectivity index (χ3v) is 2.72. The molecule has 0 amide bonds. The monoisotopic (exact) mass is 243 g/mol. The largest absolute Gasteiger partial charge is 0.497 e. The summed E-state index contributed by atoms with van der Waals surface area (Å²) in [5, 5.41) is 3.35. The molecule has 2 aromatic carbocycles. The Hall–Kier alpha value is -2.16. The van der Waals surface area contributed by atoms with Crippen molar-refractivity contribution in [2.24, 2.45) is 0 Å². The van der Waals surface area contributed by atoms with E-state index in [1.165, 1.54) is 5.56 Å². The van der Waals surface area contributed by atoms with Crippen LogP contribution in [0.5, 0.6) is 11.5 Å². The summed E-state index contributed by atoms with van der Waals surface area (Å²) in [6, 6.07) is 15.9. The Morgan fingerprint density at radius 1 is 0.944 bits per heavy atom. The molecule has 0 atom stereocenters. The van der Waals surface area contributed by atoms with Crippen LogP contribution in [0.3, 0.4) is 0 Å². The van der Waals surface area contributed by atoms with E-state index in [-0.39, 0.29) is 0 Å². The molecule has 0 aliphatic rings. The van der Waals surface area contributed by atoms with E-state index in [4.69, 9.17) is 9.47 Å². The zero-order valence-corrected chi connectivity index (χ0v) is 10.6. The molecule has 0 bridgehead atoms. The fraction of sp³-hybridized carbons (Fsp3) is 0.200. The summed E-state index contributed by atoms with van der Waals surface area (Å²) < 4.78 is 10.5. The number of hydrogen-bond acceptors (Lipinski definition) is 3. The van der Waals surface area contributed by atoms with E-state index in [2.05, 4.69) is 11.4 Å². The van der Waals surface area contributed by atoms with E-state index in [1.807, 2.05) is 42.5 Å². The van der Waals surface area contributed by atoms with Crippen LogP contribution >= 0.6 is 0 Å². The number of rotatable bonds is 5. The molecule has 0 saturated carbocycles. The molecule has 1 N–H and O–H groups in total. The third kappa shape index (κ3) is 2.94. The van der Waals surface area contributed by atoms with Crippen LogP contribution in [0.2, 0.25) is 0 Å². The topological polar surface area (TPSA) is 30.5 Å². The molecule has 0 aromatic heterocycles. The SMILES string of the molecule is COc1cccc(CNc2ccccc2OC)c1. The van der Waals surface area contributed by atoms with Gasteiger partial charge in [0.15, 0.2) is 0 Å². The molecule has 0 aliphatic heterocycles. The van der Waals surface area contributed by atoms with Gasteiger partial charge in [0.05, 0.1) is 19.9 Å². The summed E-state index contributed by atoms with van der Waals surface area (Å²) >= 11 is 0. The summed E-state index contributed by atoms with van der Waals surface area (Å²) in [5.74, 6) is 1.72. The molecule has 3 heteroatoms. The molecule has 2 rings (SSSR count). The van der Waals surface area contributed by atoms with Crippen LogP contribution in [0.1, 0.15) is 5.56 Å². The van der Waals surface area contributed by atoms with Crippen LogP contribution in [-0.4, -0.2) is 14.2 Å². The normalized spacial score (nSPS) is 9.89. The fourth-order valence-corrected chi connectivity index (χ4v) is 1.77. The summed E-state index contributed by atoms with van der Waals surface area (Å²) in [6.07, 6.45) is 0. The van der Waals surface area contributed by atoms with Gasteiger partial charge in [-0.25, -0.2) is 0 Å². The van der Waals surface area contributed by atoms with Crippen molar-refractivity contribution in [3.05, 3.63) is 54.1 Å². The van der Waals surface area contributed by atoms with Crippen molar-refractivity contribution < 1.29 is 9.47 Å². The molecule has 0 spiro atoms. The molecule has 0 unspecified atom stereocenters. The Kier molecular flexibility index (Phi) is 4.07. The second kappa shape index (κ2) is 5.96. The third-order valence-electron chi connectivity index (χ3n) is 2.72. The molecule has 0 radical (unpaired) electrons. The lowest BCUT2D eigenvalue weighted by Crippen LogP contribution is -2.01. The predicted octanol–water partition coefficient (Wildman–Crippen LogP) is 3.32. The number of para-hydroxylation sites is 2. The lowest BCUT2D eigenvalue weighted by Gasteiger charge is -2.11. The molecule has 94 valence electrons. The maximum atomic E-state index is 5.29. The van der Waals surface area contributed by atoms with E-state index >= 15 is 0 Å². The van der Waals surface area contributed by atoms with Gasteiger partial charge in [0.25, 0.3) is 0 Å². The second-order valence-electron chi connectivity index (χ2n) is 3.91. The van der Waals surface area contributed by atoms with Gasteiger partial charge in [0, 0.05) is 6.54 Å². The molecule has 0 aliphatic carbocycles. The van der Waals surface area contributed by atoms with Crippen LogP contribution in [-0.2, 0) is 6.54 Å². The fourth-order valence-electron chi connectivity index (χ4n) is 1.77. The van der Waals surface area contributed by atoms with Crippen LogP contribution in [0.25, 0.3) is 0 Å². The molecule has 3 nitrogen and oxygen atoms in total. The standard InChI is InChI=1S/C15H17NO2/c1-17-13-7-5-6-12(10-13)11-16-14-8-3-4-9-15(14)18-2/h3-10,16H,11H2,1-2H3. The van der Waals surface area contributed by atoms with Gasteiger partial charge in [0.2, 0.25) is 0 Å². The molecular weight excluding hydrogens is 226 g/mol. The van der Waals surface area contributed by atoms with E-state index in [9.17, 15) is 0 Å². The van der Waals surface area contributed by atoms with Crippen LogP contribution in [0, 0.1) is 0 Å². The Balaban J connectivity index is 2.06. The molecule has 2 aromatic rings. The molecule has 18 heavy (non-hydrogen) atoms. The first kappa shape index (κ1) is 12.3. The molecular formula is C15H17NO2. The van der Waals surface area contributed by atoms with Gasteiger partial charge in [-0.3, -0.25) is 0 Å². The van der Waals surface area contributed by atoms with Gasteiger partial charge in [-0.05, 0) is 29.8 Å². The molecule has 0 fully saturated rings. The first-order chi connectivity index (χ1) is 8.83. The molecule has 0 heterocycles. The maximum absolute atomic E-state index is 5.29. The Morgan fingerprint density at radius 3 is 2.56 bits per heavy atom. The maximum Gasteiger partial charge on any atom is 0.141 e. The average molecular weight is 243 g/mol. The second-order valence-corrected chi connectivity index (χ2v) is 3.91. The number of methoxy groups -OCH3 is 2. The highest BCUT2D eigenvalue weighted by Gasteiger charge is 2.01. The van der Waals surface area contributed by atoms with Gasteiger partial charge in [-0.2, -0.15) is 0 Å². The van der Waals surface area contributed by atoms with Crippen LogP contribution in [0.15, 0.2) is 48.5 Å². The average Bonchev–Trinajstić information content (AvgIpc) is 2.45. The van der Waals surface area contributed by atoms with E-state index in [0.29, 0.717) is 0 Å². The van der Waals surface area contributed by atoms with Crippen molar-refractivity contribution in [1.29, 1.82) is 0 Å². The van der Waals surface area contributed by atoms with Gasteiger partial charge in [-0.1, -0.05) is 24.3 Å². The van der Waals surface area contributed by atoms with Gasteiger partial charge < -0.3 is 14.8 Å². The summed E-state index contributed by atoms with van der Waals surface area (Å²) in [6.45, 7) is 0.734. The van der Waals surface area contributed by atoms with Gasteiger partial charge >= 0.3 is 0 Å². The Labute approximate surface area is 107 Å². The molecule has 0 saturated heterocycles. The van der Waals surface area contributed by atoms with E-state index in [0.717, 1.165) is 23.7 Å². The van der Waals surface area contributed by atoms with Crippen molar-refractivity contribution in [3.63, 3.8) is 0 Å². The number of anilines is 1. The number of benzene rings is 2. The van der Waals surface area contributed by atoms with Crippen molar-refractivity contribution in [2.75, 3.05) is 19.5 Å². The van der Waals surface area contributed by atoms with Gasteiger partial charge in [0.1, 0.15) is 11.5 Å². The predicted molar refractivity (Wildman–Crippen MR) is 73.3 cm³/mol. The van der Waals surface area contributed by atoms with Gasteiger partial charge in [-0.15, -0.1) is 0 Å².